The largest absolute Gasteiger partial charge is 0.497 e. The molecule has 0 radical (unpaired) electrons. The zero-order chi connectivity index (χ0) is 25.2. The van der Waals surface area contributed by atoms with Crippen LogP contribution in [-0.2, 0) is 4.79 Å². The molecule has 1 atom stereocenters. The third-order valence-corrected chi connectivity index (χ3v) is 6.24. The summed E-state index contributed by atoms with van der Waals surface area (Å²) < 4.78 is 27.7. The minimum absolute atomic E-state index is 0.0720. The molecule has 9 nitrogen and oxygen atoms in total. The molecule has 1 saturated heterocycles. The highest BCUT2D eigenvalue weighted by Crippen LogP contribution is 2.36. The lowest BCUT2D eigenvalue weighted by atomic mass is 10.1. The summed E-state index contributed by atoms with van der Waals surface area (Å²) in [5, 5.41) is 5.32. The van der Waals surface area contributed by atoms with E-state index in [4.69, 9.17) is 20.3 Å². The molecular weight excluding hydrogens is 463 g/mol. The van der Waals surface area contributed by atoms with Crippen LogP contribution in [0.3, 0.4) is 0 Å². The van der Waals surface area contributed by atoms with Crippen molar-refractivity contribution in [3.8, 4) is 28.5 Å². The molecule has 4 aromatic rings. The number of methoxy groups -OCH3 is 1. The number of nitrogen functional groups attached to an aromatic ring is 1. The summed E-state index contributed by atoms with van der Waals surface area (Å²) in [7, 11) is 1.57. The average Bonchev–Trinajstić information content (AvgIpc) is 3.31. The number of nitrogens with two attached hydrogens (primary N) is 1. The third-order valence-electron chi connectivity index (χ3n) is 6.24. The van der Waals surface area contributed by atoms with Crippen molar-refractivity contribution in [2.75, 3.05) is 25.9 Å². The van der Waals surface area contributed by atoms with E-state index in [0.717, 1.165) is 12.8 Å². The maximum Gasteiger partial charge on any atom is 0.246 e. The zero-order valence-corrected chi connectivity index (χ0v) is 19.7. The fraction of sp³-hybridized carbons (Fsp3) is 0.231. The molecule has 5 rings (SSSR count). The van der Waals surface area contributed by atoms with Crippen molar-refractivity contribution in [3.63, 3.8) is 0 Å². The second kappa shape index (κ2) is 9.65. The number of hydrogen-bond donors (Lipinski definition) is 1. The topological polar surface area (TPSA) is 108 Å². The van der Waals surface area contributed by atoms with Gasteiger partial charge in [0, 0.05) is 18.7 Å². The molecule has 2 N–H and O–H groups in total. The van der Waals surface area contributed by atoms with E-state index in [1.165, 1.54) is 18.5 Å². The summed E-state index contributed by atoms with van der Waals surface area (Å²) in [6.07, 6.45) is 4.31. The minimum atomic E-state index is -0.554. The second-order valence-electron chi connectivity index (χ2n) is 8.46. The summed E-state index contributed by atoms with van der Waals surface area (Å²) in [6.45, 7) is 4.71. The highest BCUT2D eigenvalue weighted by molar-refractivity contribution is 5.98. The SMILES string of the molecule is C=CC(=O)N1CCC[C@@H](n2nc(-c3ccc(Oc4ccc(OC)cc4)c(F)c3)c3c(N)ncnc32)C1. The highest BCUT2D eigenvalue weighted by atomic mass is 19.1. The summed E-state index contributed by atoms with van der Waals surface area (Å²) in [5.41, 5.74) is 7.73. The molecule has 36 heavy (non-hydrogen) atoms. The van der Waals surface area contributed by atoms with E-state index in [9.17, 15) is 4.79 Å². The van der Waals surface area contributed by atoms with Gasteiger partial charge in [-0.3, -0.25) is 4.79 Å². The van der Waals surface area contributed by atoms with Crippen molar-refractivity contribution in [2.45, 2.75) is 18.9 Å². The molecular formula is C26H25FN6O3. The van der Waals surface area contributed by atoms with Crippen LogP contribution in [0.1, 0.15) is 18.9 Å². The van der Waals surface area contributed by atoms with E-state index in [1.807, 2.05) is 0 Å². The van der Waals surface area contributed by atoms with Gasteiger partial charge in [-0.15, -0.1) is 0 Å². The molecule has 0 saturated carbocycles. The number of benzene rings is 2. The smallest absolute Gasteiger partial charge is 0.246 e. The summed E-state index contributed by atoms with van der Waals surface area (Å²) in [4.78, 5) is 22.5. The quantitative estimate of drug-likeness (QED) is 0.402. The van der Waals surface area contributed by atoms with Crippen LogP contribution in [0.2, 0.25) is 0 Å². The summed E-state index contributed by atoms with van der Waals surface area (Å²) >= 11 is 0. The minimum Gasteiger partial charge on any atom is -0.497 e. The van der Waals surface area contributed by atoms with Crippen molar-refractivity contribution in [2.24, 2.45) is 0 Å². The normalized spacial score (nSPS) is 15.6. The van der Waals surface area contributed by atoms with Gasteiger partial charge in [0.05, 0.1) is 18.5 Å². The number of hydrogen-bond acceptors (Lipinski definition) is 7. The van der Waals surface area contributed by atoms with Crippen LogP contribution in [0, 0.1) is 5.82 Å². The second-order valence-corrected chi connectivity index (χ2v) is 8.46. The lowest BCUT2D eigenvalue weighted by Crippen LogP contribution is -2.40. The van der Waals surface area contributed by atoms with E-state index in [-0.39, 0.29) is 23.5 Å². The number of carbonyl (C=O) groups excluding carboxylic acids is 1. The molecule has 3 heterocycles. The van der Waals surface area contributed by atoms with Crippen molar-refractivity contribution >= 4 is 22.8 Å². The van der Waals surface area contributed by atoms with Gasteiger partial charge in [0.15, 0.2) is 17.2 Å². The molecule has 0 unspecified atom stereocenters. The van der Waals surface area contributed by atoms with Crippen molar-refractivity contribution < 1.29 is 18.7 Å². The third kappa shape index (κ3) is 4.33. The van der Waals surface area contributed by atoms with E-state index in [2.05, 4.69) is 16.5 Å². The lowest BCUT2D eigenvalue weighted by molar-refractivity contribution is -0.127. The van der Waals surface area contributed by atoms with Crippen LogP contribution >= 0.6 is 0 Å². The Labute approximate surface area is 207 Å². The summed E-state index contributed by atoms with van der Waals surface area (Å²) in [5.74, 6) is 0.792. The maximum atomic E-state index is 15.1. The number of likely N-dealkylation sites (tertiary alicyclic amines) is 1. The monoisotopic (exact) mass is 488 g/mol. The van der Waals surface area contributed by atoms with Crippen LogP contribution in [0.4, 0.5) is 10.2 Å². The first-order valence-corrected chi connectivity index (χ1v) is 11.5. The van der Waals surface area contributed by atoms with Crippen LogP contribution < -0.4 is 15.2 Å². The Bertz CT molecular complexity index is 1440. The number of aromatic nitrogens is 4. The number of ether oxygens (including phenoxy) is 2. The summed E-state index contributed by atoms with van der Waals surface area (Å²) in [6, 6.07) is 11.4. The number of amides is 1. The van der Waals surface area contributed by atoms with Gasteiger partial charge in [0.2, 0.25) is 5.91 Å². The van der Waals surface area contributed by atoms with Gasteiger partial charge < -0.3 is 20.1 Å². The van der Waals surface area contributed by atoms with Crippen molar-refractivity contribution in [3.05, 3.63) is 67.3 Å². The first-order chi connectivity index (χ1) is 17.5. The molecule has 2 aromatic heterocycles. The van der Waals surface area contributed by atoms with E-state index in [1.54, 1.807) is 53.1 Å². The highest BCUT2D eigenvalue weighted by Gasteiger charge is 2.28. The first kappa shape index (κ1) is 23.3. The molecule has 1 aliphatic rings. The number of fused-ring (bicyclic) bond motifs is 1. The van der Waals surface area contributed by atoms with E-state index in [0.29, 0.717) is 46.9 Å². The van der Waals surface area contributed by atoms with Gasteiger partial charge in [-0.05, 0) is 61.4 Å². The number of piperidine rings is 1. The first-order valence-electron chi connectivity index (χ1n) is 11.5. The Morgan fingerprint density at radius 1 is 1.19 bits per heavy atom. The zero-order valence-electron chi connectivity index (χ0n) is 19.7. The Morgan fingerprint density at radius 2 is 1.97 bits per heavy atom. The Hall–Kier alpha value is -4.47. The predicted octanol–water partition coefficient (Wildman–Crippen LogP) is 4.37. The Kier molecular flexibility index (Phi) is 6.24. The fourth-order valence-corrected chi connectivity index (χ4v) is 4.44. The van der Waals surface area contributed by atoms with Crippen molar-refractivity contribution in [1.82, 2.24) is 24.6 Å². The number of nitrogens with zero attached hydrogens (tertiary/aromatic N) is 5. The van der Waals surface area contributed by atoms with Gasteiger partial charge in [-0.2, -0.15) is 5.10 Å². The number of carbonyl (C=O) groups is 1. The molecule has 10 heteroatoms. The molecule has 1 fully saturated rings. The van der Waals surface area contributed by atoms with Gasteiger partial charge in [-0.1, -0.05) is 6.58 Å². The van der Waals surface area contributed by atoms with E-state index >= 15 is 4.39 Å². The Morgan fingerprint density at radius 3 is 2.69 bits per heavy atom. The average molecular weight is 489 g/mol. The van der Waals surface area contributed by atoms with Crippen LogP contribution in [0.15, 0.2) is 61.4 Å². The van der Waals surface area contributed by atoms with E-state index < -0.39 is 5.82 Å². The predicted molar refractivity (Wildman–Crippen MR) is 133 cm³/mol. The fourth-order valence-electron chi connectivity index (χ4n) is 4.44. The molecule has 0 spiro atoms. The van der Waals surface area contributed by atoms with Gasteiger partial charge in [-0.25, -0.2) is 19.0 Å². The number of halogens is 1. The molecule has 0 bridgehead atoms. The van der Waals surface area contributed by atoms with Gasteiger partial charge in [0.1, 0.15) is 29.3 Å². The van der Waals surface area contributed by atoms with Crippen molar-refractivity contribution in [1.29, 1.82) is 0 Å². The number of rotatable bonds is 6. The maximum absolute atomic E-state index is 15.1. The Balaban J connectivity index is 1.50. The molecule has 2 aromatic carbocycles. The number of anilines is 1. The standard InChI is InChI=1S/C26H25FN6O3/c1-3-22(34)32-12-4-5-17(14-32)33-26-23(25(28)29-15-30-26)24(31-33)16-6-11-21(20(27)13-16)36-19-9-7-18(35-2)8-10-19/h3,6-11,13,15,17H,1,4-5,12,14H2,2H3,(H2,28,29,30)/t17-/m1/s1. The molecule has 1 amide bonds. The molecule has 0 aliphatic carbocycles. The molecule has 184 valence electrons. The van der Waals surface area contributed by atoms with Gasteiger partial charge >= 0.3 is 0 Å². The lowest BCUT2D eigenvalue weighted by Gasteiger charge is -2.32. The van der Waals surface area contributed by atoms with Gasteiger partial charge in [0.25, 0.3) is 0 Å². The van der Waals surface area contributed by atoms with Crippen LogP contribution in [0.25, 0.3) is 22.3 Å². The van der Waals surface area contributed by atoms with Crippen LogP contribution in [-0.4, -0.2) is 50.8 Å². The molecule has 1 aliphatic heterocycles. The van der Waals surface area contributed by atoms with Crippen LogP contribution in [0.5, 0.6) is 17.2 Å².